The highest BCUT2D eigenvalue weighted by atomic mass is 35.5. The van der Waals surface area contributed by atoms with E-state index < -0.39 is 10.0 Å². The Morgan fingerprint density at radius 2 is 1.53 bits per heavy atom. The number of benzene rings is 3. The Labute approximate surface area is 182 Å². The van der Waals surface area contributed by atoms with Crippen molar-refractivity contribution in [1.29, 1.82) is 0 Å². The first-order valence-corrected chi connectivity index (χ1v) is 11.2. The maximum Gasteiger partial charge on any atom is 0.264 e. The molecule has 0 unspecified atom stereocenters. The Morgan fingerprint density at radius 1 is 0.933 bits per heavy atom. The molecule has 0 aromatic heterocycles. The number of anilines is 2. The predicted octanol–water partition coefficient (Wildman–Crippen LogP) is 5.34. The zero-order chi connectivity index (χ0) is 22.1. The quantitative estimate of drug-likeness (QED) is 0.579. The van der Waals surface area contributed by atoms with Crippen LogP contribution < -0.4 is 9.62 Å². The van der Waals surface area contributed by atoms with Crippen molar-refractivity contribution in [1.82, 2.24) is 0 Å². The molecule has 0 fully saturated rings. The van der Waals surface area contributed by atoms with Crippen molar-refractivity contribution in [3.63, 3.8) is 0 Å². The van der Waals surface area contributed by atoms with Crippen molar-refractivity contribution in [2.24, 2.45) is 0 Å². The second-order valence-electron chi connectivity index (χ2n) is 7.18. The van der Waals surface area contributed by atoms with Gasteiger partial charge in [-0.2, -0.15) is 0 Å². The molecule has 0 radical (unpaired) electrons. The minimum absolute atomic E-state index is 0.169. The lowest BCUT2D eigenvalue weighted by Gasteiger charge is -2.20. The Bertz CT molecular complexity index is 1190. The van der Waals surface area contributed by atoms with Crippen LogP contribution in [0.2, 0.25) is 5.02 Å². The van der Waals surface area contributed by atoms with E-state index in [-0.39, 0.29) is 21.4 Å². The topological polar surface area (TPSA) is 66.5 Å². The fourth-order valence-corrected chi connectivity index (χ4v) is 4.80. The standard InChI is InChI=1S/C23H23ClN2O3S/c1-15-12-16(2)22(17(3)13-15)25-23(27)20-11-10-18(14-21(20)24)26(4)30(28,29)19-8-6-5-7-9-19/h5-14H,1-4H3,(H,25,27). The predicted molar refractivity (Wildman–Crippen MR) is 122 cm³/mol. The summed E-state index contributed by atoms with van der Waals surface area (Å²) in [6.07, 6.45) is 0. The summed E-state index contributed by atoms with van der Waals surface area (Å²) in [5.74, 6) is -0.352. The van der Waals surface area contributed by atoms with Crippen LogP contribution in [0, 0.1) is 20.8 Å². The van der Waals surface area contributed by atoms with Gasteiger partial charge in [-0.25, -0.2) is 8.42 Å². The monoisotopic (exact) mass is 442 g/mol. The van der Waals surface area contributed by atoms with E-state index in [1.807, 2.05) is 32.9 Å². The average Bonchev–Trinajstić information content (AvgIpc) is 2.70. The fraction of sp³-hybridized carbons (Fsp3) is 0.174. The van der Waals surface area contributed by atoms with Gasteiger partial charge in [-0.3, -0.25) is 9.10 Å². The molecule has 3 rings (SSSR count). The lowest BCUT2D eigenvalue weighted by Crippen LogP contribution is -2.26. The van der Waals surface area contributed by atoms with E-state index >= 15 is 0 Å². The van der Waals surface area contributed by atoms with Gasteiger partial charge < -0.3 is 5.32 Å². The van der Waals surface area contributed by atoms with Gasteiger partial charge in [0.1, 0.15) is 0 Å². The zero-order valence-electron chi connectivity index (χ0n) is 17.2. The molecule has 0 atom stereocenters. The third-order valence-corrected chi connectivity index (χ3v) is 6.99. The lowest BCUT2D eigenvalue weighted by molar-refractivity contribution is 0.102. The van der Waals surface area contributed by atoms with Crippen LogP contribution >= 0.6 is 11.6 Å². The van der Waals surface area contributed by atoms with Gasteiger partial charge in [-0.1, -0.05) is 47.5 Å². The summed E-state index contributed by atoms with van der Waals surface area (Å²) in [5, 5.41) is 3.08. The van der Waals surface area contributed by atoms with Crippen LogP contribution in [0.5, 0.6) is 0 Å². The largest absolute Gasteiger partial charge is 0.321 e. The van der Waals surface area contributed by atoms with Gasteiger partial charge in [0.05, 0.1) is 21.2 Å². The zero-order valence-corrected chi connectivity index (χ0v) is 18.8. The van der Waals surface area contributed by atoms with Crippen molar-refractivity contribution >= 4 is 38.9 Å². The first kappa shape index (κ1) is 21.9. The number of amides is 1. The first-order valence-electron chi connectivity index (χ1n) is 9.34. The van der Waals surface area contributed by atoms with Crippen molar-refractivity contribution in [3.8, 4) is 0 Å². The molecular weight excluding hydrogens is 420 g/mol. The number of nitrogens with one attached hydrogen (secondary N) is 1. The molecule has 1 amide bonds. The summed E-state index contributed by atoms with van der Waals surface area (Å²) < 4.78 is 26.8. The van der Waals surface area contributed by atoms with Gasteiger partial charge in [0.15, 0.2) is 0 Å². The van der Waals surface area contributed by atoms with Crippen LogP contribution in [-0.4, -0.2) is 21.4 Å². The highest BCUT2D eigenvalue weighted by molar-refractivity contribution is 7.92. The number of rotatable bonds is 5. The maximum atomic E-state index is 12.8. The molecule has 0 heterocycles. The molecule has 3 aromatic rings. The number of sulfonamides is 1. The maximum absolute atomic E-state index is 12.8. The van der Waals surface area contributed by atoms with Gasteiger partial charge in [0.2, 0.25) is 0 Å². The normalized spacial score (nSPS) is 11.2. The number of aryl methyl sites for hydroxylation is 3. The van der Waals surface area contributed by atoms with Gasteiger partial charge in [0, 0.05) is 12.7 Å². The second-order valence-corrected chi connectivity index (χ2v) is 9.55. The Hall–Kier alpha value is -2.83. The van der Waals surface area contributed by atoms with Crippen LogP contribution in [0.3, 0.4) is 0 Å². The summed E-state index contributed by atoms with van der Waals surface area (Å²) in [6, 6.07) is 16.7. The van der Waals surface area contributed by atoms with E-state index in [1.54, 1.807) is 24.3 Å². The smallest absolute Gasteiger partial charge is 0.264 e. The van der Waals surface area contributed by atoms with Crippen molar-refractivity contribution in [2.45, 2.75) is 25.7 Å². The summed E-state index contributed by atoms with van der Waals surface area (Å²) in [6.45, 7) is 5.87. The summed E-state index contributed by atoms with van der Waals surface area (Å²) in [7, 11) is -2.28. The molecule has 7 heteroatoms. The third kappa shape index (κ3) is 4.35. The third-order valence-electron chi connectivity index (χ3n) is 4.88. The molecule has 3 aromatic carbocycles. The SMILES string of the molecule is Cc1cc(C)c(NC(=O)c2ccc(N(C)S(=O)(=O)c3ccccc3)cc2Cl)c(C)c1. The van der Waals surface area contributed by atoms with Crippen LogP contribution in [0.1, 0.15) is 27.0 Å². The number of carbonyl (C=O) groups is 1. The Balaban J connectivity index is 1.88. The number of hydrogen-bond donors (Lipinski definition) is 1. The molecular formula is C23H23ClN2O3S. The molecule has 0 aliphatic carbocycles. The summed E-state index contributed by atoms with van der Waals surface area (Å²) >= 11 is 6.35. The molecule has 0 aliphatic heterocycles. The number of nitrogens with zero attached hydrogens (tertiary/aromatic N) is 1. The van der Waals surface area contributed by atoms with E-state index in [9.17, 15) is 13.2 Å². The highest BCUT2D eigenvalue weighted by Gasteiger charge is 2.22. The van der Waals surface area contributed by atoms with E-state index in [4.69, 9.17) is 11.6 Å². The number of hydrogen-bond acceptors (Lipinski definition) is 3. The molecule has 30 heavy (non-hydrogen) atoms. The number of halogens is 1. The van der Waals surface area contributed by atoms with Gasteiger partial charge in [-0.15, -0.1) is 0 Å². The molecule has 0 aliphatic rings. The van der Waals surface area contributed by atoms with Gasteiger partial charge >= 0.3 is 0 Å². The molecule has 0 bridgehead atoms. The lowest BCUT2D eigenvalue weighted by atomic mass is 10.0. The minimum atomic E-state index is -3.73. The van der Waals surface area contributed by atoms with Crippen molar-refractivity contribution < 1.29 is 13.2 Å². The van der Waals surface area contributed by atoms with E-state index in [1.165, 1.54) is 31.3 Å². The molecule has 0 saturated carbocycles. The van der Waals surface area contributed by atoms with Crippen molar-refractivity contribution in [2.75, 3.05) is 16.7 Å². The van der Waals surface area contributed by atoms with Crippen molar-refractivity contribution in [3.05, 3.63) is 87.9 Å². The van der Waals surface area contributed by atoms with E-state index in [0.29, 0.717) is 5.69 Å². The molecule has 156 valence electrons. The Kier molecular flexibility index (Phi) is 6.19. The first-order chi connectivity index (χ1) is 14.1. The van der Waals surface area contributed by atoms with Crippen LogP contribution in [0.4, 0.5) is 11.4 Å². The van der Waals surface area contributed by atoms with Crippen LogP contribution in [0.25, 0.3) is 0 Å². The molecule has 0 spiro atoms. The second kappa shape index (κ2) is 8.50. The minimum Gasteiger partial charge on any atom is -0.321 e. The average molecular weight is 443 g/mol. The highest BCUT2D eigenvalue weighted by Crippen LogP contribution is 2.29. The van der Waals surface area contributed by atoms with Gasteiger partial charge in [-0.05, 0) is 62.2 Å². The fourth-order valence-electron chi connectivity index (χ4n) is 3.33. The van der Waals surface area contributed by atoms with E-state index in [0.717, 1.165) is 26.7 Å². The van der Waals surface area contributed by atoms with E-state index in [2.05, 4.69) is 5.32 Å². The summed E-state index contributed by atoms with van der Waals surface area (Å²) in [5.41, 5.74) is 4.42. The van der Waals surface area contributed by atoms with Gasteiger partial charge in [0.25, 0.3) is 15.9 Å². The molecule has 1 N–H and O–H groups in total. The van der Waals surface area contributed by atoms with Crippen LogP contribution in [-0.2, 0) is 10.0 Å². The molecule has 5 nitrogen and oxygen atoms in total. The number of carbonyl (C=O) groups excluding carboxylic acids is 1. The molecule has 0 saturated heterocycles. The summed E-state index contributed by atoms with van der Waals surface area (Å²) in [4.78, 5) is 13.0. The Morgan fingerprint density at radius 3 is 2.10 bits per heavy atom. The van der Waals surface area contributed by atoms with Crippen LogP contribution in [0.15, 0.2) is 65.6 Å².